The molecule has 1 radical (unpaired) electrons. The number of carboxylic acids is 1. The van der Waals surface area contributed by atoms with Gasteiger partial charge in [0.1, 0.15) is 0 Å². The molecular weight excluding hydrogens is 322 g/mol. The molecule has 1 aliphatic rings. The van der Waals surface area contributed by atoms with Crippen LogP contribution in [0.25, 0.3) is 0 Å². The first-order valence-corrected chi connectivity index (χ1v) is 5.88. The summed E-state index contributed by atoms with van der Waals surface area (Å²) in [4.78, 5) is 10.3. The van der Waals surface area contributed by atoms with Crippen molar-refractivity contribution in [2.45, 2.75) is 24.4 Å². The van der Waals surface area contributed by atoms with Crippen LogP contribution in [0.5, 0.6) is 0 Å². The van der Waals surface area contributed by atoms with Gasteiger partial charge in [0.05, 0.1) is 0 Å². The van der Waals surface area contributed by atoms with Gasteiger partial charge in [-0.15, -0.1) is 0 Å². The number of aliphatic hydroxyl groups is 3. The molecule has 0 saturated carbocycles. The van der Waals surface area contributed by atoms with E-state index in [9.17, 15) is 9.90 Å². The van der Waals surface area contributed by atoms with E-state index in [1.807, 2.05) is 0 Å². The molecule has 1 fully saturated rings. The zero-order chi connectivity index (χ0) is 10.7. The van der Waals surface area contributed by atoms with Gasteiger partial charge in [-0.1, -0.05) is 0 Å². The normalized spacial score (nSPS) is 29.3. The predicted molar refractivity (Wildman–Crippen MR) is 45.8 cm³/mol. The van der Waals surface area contributed by atoms with Crippen molar-refractivity contribution in [1.29, 1.82) is 0 Å². The van der Waals surface area contributed by atoms with Gasteiger partial charge in [0.15, 0.2) is 0 Å². The Hall–Kier alpha value is 0.0482. The number of hydrogen-bond donors (Lipinski definition) is 4. The topological polar surface area (TPSA) is 148 Å². The van der Waals surface area contributed by atoms with E-state index in [0.717, 1.165) is 0 Å². The fraction of sp³-hybridized carbons (Fsp3) is 0.833. The Morgan fingerprint density at radius 2 is 2.00 bits per heavy atom. The Morgan fingerprint density at radius 1 is 1.40 bits per heavy atom. The van der Waals surface area contributed by atoms with Crippen LogP contribution in [0.1, 0.15) is 0 Å². The summed E-state index contributed by atoms with van der Waals surface area (Å²) in [6.45, 7) is -0.371. The molecule has 15 heavy (non-hydrogen) atoms. The molecule has 1 heterocycles. The zero-order valence-electron chi connectivity index (χ0n) is 7.48. The van der Waals surface area contributed by atoms with Crippen molar-refractivity contribution in [2.24, 2.45) is 0 Å². The van der Waals surface area contributed by atoms with Gasteiger partial charge in [0.2, 0.25) is 0 Å². The maximum absolute atomic E-state index is 10.3. The number of aliphatic hydroxyl groups excluding tert-OH is 3. The zero-order valence-corrected chi connectivity index (χ0v) is 10.0. The molecule has 0 spiro atoms. The molecule has 0 aromatic carbocycles. The van der Waals surface area contributed by atoms with Crippen LogP contribution in [0.2, 0.25) is 0 Å². The molecule has 0 aliphatic carbocycles. The Kier molecular flexibility index (Phi) is 6.61. The van der Waals surface area contributed by atoms with Crippen molar-refractivity contribution in [2.75, 3.05) is 6.61 Å². The average Bonchev–Trinajstić information content (AvgIpc) is 2.62. The summed E-state index contributed by atoms with van der Waals surface area (Å²) < 4.78 is 9.96. The first-order chi connectivity index (χ1) is 6.57. The molecular formula is C6H12O8Sb. The van der Waals surface area contributed by atoms with Gasteiger partial charge >= 0.3 is 90.7 Å². The van der Waals surface area contributed by atoms with Gasteiger partial charge in [0, 0.05) is 0 Å². The van der Waals surface area contributed by atoms with Crippen LogP contribution >= 0.6 is 0 Å². The Bertz CT molecular complexity index is 211. The van der Waals surface area contributed by atoms with Crippen LogP contribution in [0.3, 0.4) is 0 Å². The molecule has 1 rings (SSSR count). The standard InChI is InChI=1S/C6H10O7.H2O.Sb/c7-1-2(8)3(9)4(10)5(11)6(12)13;;/h2-5,7,10-11H,1H2,(H,12,13);1H2;/q-2;;+2/t2-,3-,4+,5+;;/m1../s1. The second-order valence-electron chi connectivity index (χ2n) is 2.74. The molecule has 9 heteroatoms. The minimum atomic E-state index is -1.92. The van der Waals surface area contributed by atoms with Crippen molar-refractivity contribution >= 4 is 28.4 Å². The van der Waals surface area contributed by atoms with Gasteiger partial charge in [0.25, 0.3) is 0 Å². The number of hydrogen-bond acceptors (Lipinski definition) is 6. The maximum atomic E-state index is 10.3. The van der Waals surface area contributed by atoms with Crippen molar-refractivity contribution in [3.8, 4) is 0 Å². The molecule has 0 aromatic rings. The van der Waals surface area contributed by atoms with Crippen LogP contribution in [0.4, 0.5) is 0 Å². The molecule has 8 nitrogen and oxygen atoms in total. The van der Waals surface area contributed by atoms with Crippen LogP contribution < -0.4 is 0 Å². The molecule has 1 saturated heterocycles. The summed E-state index contributed by atoms with van der Waals surface area (Å²) in [5.74, 6) is -1.53. The SMILES string of the molecule is O.O=C(O)[C@@H](O)[C@@H](O)[C@@H]1[O][Sb][O][C@@H]1CO. The van der Waals surface area contributed by atoms with Crippen molar-refractivity contribution in [1.82, 2.24) is 0 Å². The quantitative estimate of drug-likeness (QED) is 0.386. The molecule has 0 unspecified atom stereocenters. The number of rotatable bonds is 4. The van der Waals surface area contributed by atoms with Crippen molar-refractivity contribution in [3.63, 3.8) is 0 Å². The van der Waals surface area contributed by atoms with Crippen LogP contribution in [-0.2, 0) is 10.8 Å². The summed E-state index contributed by atoms with van der Waals surface area (Å²) in [5, 5.41) is 35.6. The first kappa shape index (κ1) is 15.0. The summed E-state index contributed by atoms with van der Waals surface area (Å²) >= 11 is -1.38. The molecule has 4 atom stereocenters. The minimum absolute atomic E-state index is 0. The van der Waals surface area contributed by atoms with Gasteiger partial charge in [-0.25, -0.2) is 0 Å². The summed E-state index contributed by atoms with van der Waals surface area (Å²) in [6.07, 6.45) is -5.20. The fourth-order valence-corrected chi connectivity index (χ4v) is 3.02. The van der Waals surface area contributed by atoms with Crippen molar-refractivity contribution in [3.05, 3.63) is 0 Å². The number of aliphatic carboxylic acids is 1. The van der Waals surface area contributed by atoms with E-state index in [1.54, 1.807) is 0 Å². The second kappa shape index (κ2) is 6.59. The Labute approximate surface area is 96.4 Å². The monoisotopic (exact) mass is 333 g/mol. The molecule has 6 N–H and O–H groups in total. The van der Waals surface area contributed by atoms with E-state index in [0.29, 0.717) is 0 Å². The fourth-order valence-electron chi connectivity index (χ4n) is 1.00. The first-order valence-electron chi connectivity index (χ1n) is 3.79. The predicted octanol–water partition coefficient (Wildman–Crippen LogP) is -3.72. The third-order valence-electron chi connectivity index (χ3n) is 1.80. The number of carbonyl (C=O) groups is 1. The van der Waals surface area contributed by atoms with Gasteiger partial charge < -0.3 is 5.48 Å². The van der Waals surface area contributed by atoms with E-state index in [4.69, 9.17) is 21.4 Å². The van der Waals surface area contributed by atoms with Crippen LogP contribution in [0, 0.1) is 0 Å². The van der Waals surface area contributed by atoms with Gasteiger partial charge in [-0.2, -0.15) is 0 Å². The van der Waals surface area contributed by atoms with Gasteiger partial charge in [-0.3, -0.25) is 0 Å². The molecule has 89 valence electrons. The van der Waals surface area contributed by atoms with Crippen LogP contribution in [-0.4, -0.2) is 85.4 Å². The summed E-state index contributed by atoms with van der Waals surface area (Å²) in [7, 11) is 0. The van der Waals surface area contributed by atoms with E-state index < -0.39 is 52.8 Å². The van der Waals surface area contributed by atoms with Crippen LogP contribution in [0.15, 0.2) is 0 Å². The Balaban J connectivity index is 0.00000196. The van der Waals surface area contributed by atoms with E-state index in [2.05, 4.69) is 0 Å². The van der Waals surface area contributed by atoms with Crippen molar-refractivity contribution < 1.29 is 36.7 Å². The molecule has 0 amide bonds. The van der Waals surface area contributed by atoms with E-state index in [-0.39, 0.29) is 12.1 Å². The van der Waals surface area contributed by atoms with E-state index in [1.165, 1.54) is 0 Å². The van der Waals surface area contributed by atoms with Gasteiger partial charge in [-0.05, 0) is 0 Å². The second-order valence-corrected chi connectivity index (χ2v) is 4.37. The third kappa shape index (κ3) is 3.53. The molecule has 0 bridgehead atoms. The third-order valence-corrected chi connectivity index (χ3v) is 3.76. The number of carboxylic acid groups (broad SMARTS) is 1. The summed E-state index contributed by atoms with van der Waals surface area (Å²) in [6, 6.07) is 0. The Morgan fingerprint density at radius 3 is 2.47 bits per heavy atom. The average molecular weight is 334 g/mol. The summed E-state index contributed by atoms with van der Waals surface area (Å²) in [5.41, 5.74) is 0. The van der Waals surface area contributed by atoms with E-state index >= 15 is 0 Å². The molecule has 1 aliphatic heterocycles. The molecule has 0 aromatic heterocycles.